The first-order chi connectivity index (χ1) is 15.0. The second-order valence-electron chi connectivity index (χ2n) is 8.27. The third-order valence-corrected chi connectivity index (χ3v) is 6.05. The predicted molar refractivity (Wildman–Crippen MR) is 114 cm³/mol. The standard InChI is InChI=1S/C24H28N2O5/c1-16-4-7-18(8-5-16)22(27)20-21(19-9-6-17(2)31-19)26(24(29)23(20)28)11-3-10-25-12-14-30-15-13-25/h4-9,20-21H,3,10-15H2,1-2H3. The summed E-state index contributed by atoms with van der Waals surface area (Å²) < 4.78 is 11.2. The van der Waals surface area contributed by atoms with Gasteiger partial charge < -0.3 is 14.1 Å². The molecule has 2 atom stereocenters. The van der Waals surface area contributed by atoms with Gasteiger partial charge in [-0.1, -0.05) is 29.8 Å². The summed E-state index contributed by atoms with van der Waals surface area (Å²) in [6.45, 7) is 8.09. The number of ketones is 2. The molecule has 2 fully saturated rings. The molecule has 2 saturated heterocycles. The van der Waals surface area contributed by atoms with Crippen molar-refractivity contribution in [1.82, 2.24) is 9.80 Å². The quantitative estimate of drug-likeness (QED) is 0.386. The summed E-state index contributed by atoms with van der Waals surface area (Å²) in [5, 5.41) is 0. The van der Waals surface area contributed by atoms with Gasteiger partial charge in [-0.25, -0.2) is 0 Å². The maximum Gasteiger partial charge on any atom is 0.291 e. The van der Waals surface area contributed by atoms with E-state index in [4.69, 9.17) is 9.15 Å². The van der Waals surface area contributed by atoms with E-state index in [0.717, 1.165) is 25.2 Å². The van der Waals surface area contributed by atoms with Gasteiger partial charge in [0.25, 0.3) is 5.91 Å². The zero-order valence-electron chi connectivity index (χ0n) is 18.0. The van der Waals surface area contributed by atoms with E-state index in [2.05, 4.69) is 4.90 Å². The predicted octanol–water partition coefficient (Wildman–Crippen LogP) is 2.57. The van der Waals surface area contributed by atoms with Gasteiger partial charge in [-0.3, -0.25) is 19.3 Å². The molecule has 0 aliphatic carbocycles. The lowest BCUT2D eigenvalue weighted by Gasteiger charge is -2.29. The maximum atomic E-state index is 13.3. The summed E-state index contributed by atoms with van der Waals surface area (Å²) in [7, 11) is 0. The second-order valence-corrected chi connectivity index (χ2v) is 8.27. The van der Waals surface area contributed by atoms with E-state index in [9.17, 15) is 14.4 Å². The van der Waals surface area contributed by atoms with Crippen LogP contribution in [0.1, 0.15) is 39.9 Å². The summed E-state index contributed by atoms with van der Waals surface area (Å²) in [6, 6.07) is 9.92. The van der Waals surface area contributed by atoms with Gasteiger partial charge in [0.2, 0.25) is 5.78 Å². The van der Waals surface area contributed by atoms with Crippen molar-refractivity contribution in [2.24, 2.45) is 5.92 Å². The van der Waals surface area contributed by atoms with Crippen LogP contribution in [0.4, 0.5) is 0 Å². The van der Waals surface area contributed by atoms with Crippen molar-refractivity contribution in [2.75, 3.05) is 39.4 Å². The Labute approximate surface area is 181 Å². The highest BCUT2D eigenvalue weighted by molar-refractivity contribution is 6.44. The molecular formula is C24H28N2O5. The summed E-state index contributed by atoms with van der Waals surface area (Å²) in [4.78, 5) is 43.0. The molecule has 0 radical (unpaired) electrons. The Morgan fingerprint density at radius 1 is 1.00 bits per heavy atom. The minimum atomic E-state index is -1.09. The molecule has 1 aromatic heterocycles. The number of aryl methyl sites for hydroxylation is 2. The van der Waals surface area contributed by atoms with Crippen LogP contribution in [0.2, 0.25) is 0 Å². The molecule has 7 heteroatoms. The highest BCUT2D eigenvalue weighted by Gasteiger charge is 2.52. The molecule has 2 aromatic rings. The fourth-order valence-corrected chi connectivity index (χ4v) is 4.34. The van der Waals surface area contributed by atoms with Gasteiger partial charge in [0.05, 0.1) is 13.2 Å². The van der Waals surface area contributed by atoms with Crippen LogP contribution in [0, 0.1) is 19.8 Å². The Hall–Kier alpha value is -2.77. The van der Waals surface area contributed by atoms with Gasteiger partial charge in [0.1, 0.15) is 23.5 Å². The molecule has 2 unspecified atom stereocenters. The number of nitrogens with zero attached hydrogens (tertiary/aromatic N) is 2. The minimum absolute atomic E-state index is 0.340. The van der Waals surface area contributed by atoms with Gasteiger partial charge in [0, 0.05) is 31.7 Å². The smallest absolute Gasteiger partial charge is 0.291 e. The van der Waals surface area contributed by atoms with E-state index in [0.29, 0.717) is 43.3 Å². The van der Waals surface area contributed by atoms with Gasteiger partial charge in [-0.2, -0.15) is 0 Å². The van der Waals surface area contributed by atoms with E-state index >= 15 is 0 Å². The van der Waals surface area contributed by atoms with Crippen molar-refractivity contribution in [3.8, 4) is 0 Å². The summed E-state index contributed by atoms with van der Waals surface area (Å²) in [5.41, 5.74) is 1.45. The van der Waals surface area contributed by atoms with Crippen molar-refractivity contribution in [2.45, 2.75) is 26.3 Å². The maximum absolute atomic E-state index is 13.3. The summed E-state index contributed by atoms with van der Waals surface area (Å²) >= 11 is 0. The zero-order valence-corrected chi connectivity index (χ0v) is 18.0. The fourth-order valence-electron chi connectivity index (χ4n) is 4.34. The number of hydrogen-bond donors (Lipinski definition) is 0. The Morgan fingerprint density at radius 3 is 2.35 bits per heavy atom. The minimum Gasteiger partial charge on any atom is -0.464 e. The van der Waals surface area contributed by atoms with Gasteiger partial charge in [0.15, 0.2) is 5.78 Å². The van der Waals surface area contributed by atoms with Gasteiger partial charge in [-0.05, 0) is 32.4 Å². The Bertz CT molecular complexity index is 959. The second kappa shape index (κ2) is 9.16. The molecule has 0 N–H and O–H groups in total. The van der Waals surface area contributed by atoms with E-state index in [1.165, 1.54) is 4.90 Å². The first-order valence-electron chi connectivity index (χ1n) is 10.8. The molecule has 2 aliphatic heterocycles. The monoisotopic (exact) mass is 424 g/mol. The largest absolute Gasteiger partial charge is 0.464 e. The SMILES string of the molecule is Cc1ccc(C(=O)C2C(=O)C(=O)N(CCCN3CCOCC3)C2c2ccc(C)o2)cc1. The molecule has 7 nitrogen and oxygen atoms in total. The van der Waals surface area contributed by atoms with Gasteiger partial charge >= 0.3 is 0 Å². The van der Waals surface area contributed by atoms with Crippen molar-refractivity contribution >= 4 is 17.5 Å². The van der Waals surface area contributed by atoms with Crippen LogP contribution in [-0.2, 0) is 14.3 Å². The number of furan rings is 1. The zero-order chi connectivity index (χ0) is 22.0. The molecule has 164 valence electrons. The Balaban J connectivity index is 1.57. The number of hydrogen-bond acceptors (Lipinski definition) is 6. The van der Waals surface area contributed by atoms with E-state index in [1.807, 2.05) is 26.0 Å². The molecular weight excluding hydrogens is 396 g/mol. The number of ether oxygens (including phenoxy) is 1. The lowest BCUT2D eigenvalue weighted by atomic mass is 9.88. The molecule has 0 saturated carbocycles. The molecule has 0 spiro atoms. The first-order valence-corrected chi connectivity index (χ1v) is 10.8. The van der Waals surface area contributed by atoms with E-state index in [1.54, 1.807) is 24.3 Å². The molecule has 0 bridgehead atoms. The molecule has 1 aromatic carbocycles. The molecule has 31 heavy (non-hydrogen) atoms. The van der Waals surface area contributed by atoms with E-state index in [-0.39, 0.29) is 5.78 Å². The normalized spacial score (nSPS) is 22.3. The number of Topliss-reactive ketones (excluding diaryl/α,β-unsaturated/α-hetero) is 2. The molecule has 4 rings (SSSR count). The molecule has 2 aliphatic rings. The third kappa shape index (κ3) is 4.48. The highest BCUT2D eigenvalue weighted by atomic mass is 16.5. The third-order valence-electron chi connectivity index (χ3n) is 6.05. The Kier molecular flexibility index (Phi) is 6.34. The van der Waals surface area contributed by atoms with Crippen molar-refractivity contribution in [3.05, 3.63) is 59.0 Å². The first kappa shape index (κ1) is 21.5. The summed E-state index contributed by atoms with van der Waals surface area (Å²) in [5.74, 6) is -1.54. The number of rotatable bonds is 7. The number of likely N-dealkylation sites (tertiary alicyclic amines) is 1. The van der Waals surface area contributed by atoms with Crippen molar-refractivity contribution in [3.63, 3.8) is 0 Å². The van der Waals surface area contributed by atoms with Crippen molar-refractivity contribution < 1.29 is 23.5 Å². The van der Waals surface area contributed by atoms with Crippen LogP contribution in [0.15, 0.2) is 40.8 Å². The number of benzene rings is 1. The van der Waals surface area contributed by atoms with Crippen LogP contribution in [-0.4, -0.2) is 66.7 Å². The topological polar surface area (TPSA) is 80.1 Å². The Morgan fingerprint density at radius 2 is 1.71 bits per heavy atom. The average molecular weight is 424 g/mol. The van der Waals surface area contributed by atoms with Crippen molar-refractivity contribution in [1.29, 1.82) is 0 Å². The lowest BCUT2D eigenvalue weighted by molar-refractivity contribution is -0.140. The number of carbonyl (C=O) groups excluding carboxylic acids is 3. The van der Waals surface area contributed by atoms with Crippen LogP contribution in [0.3, 0.4) is 0 Å². The number of morpholine rings is 1. The lowest BCUT2D eigenvalue weighted by Crippen LogP contribution is -2.39. The highest BCUT2D eigenvalue weighted by Crippen LogP contribution is 2.39. The van der Waals surface area contributed by atoms with Crippen LogP contribution >= 0.6 is 0 Å². The number of carbonyl (C=O) groups is 3. The van der Waals surface area contributed by atoms with Crippen LogP contribution < -0.4 is 0 Å². The van der Waals surface area contributed by atoms with E-state index < -0.39 is 23.7 Å². The van der Waals surface area contributed by atoms with Crippen LogP contribution in [0.5, 0.6) is 0 Å². The molecule has 1 amide bonds. The average Bonchev–Trinajstić information content (AvgIpc) is 3.30. The number of amides is 1. The summed E-state index contributed by atoms with van der Waals surface area (Å²) in [6.07, 6.45) is 0.709. The fraction of sp³-hybridized carbons (Fsp3) is 0.458. The molecule has 3 heterocycles. The van der Waals surface area contributed by atoms with Crippen LogP contribution in [0.25, 0.3) is 0 Å². The van der Waals surface area contributed by atoms with Gasteiger partial charge in [-0.15, -0.1) is 0 Å².